The van der Waals surface area contributed by atoms with Crippen LogP contribution in [0.4, 0.5) is 22.0 Å². The van der Waals surface area contributed by atoms with Crippen molar-refractivity contribution < 1.29 is 64.5 Å². The molecule has 4 rings (SSSR count). The first-order chi connectivity index (χ1) is 17.4. The fourth-order valence-corrected chi connectivity index (χ4v) is 2.65. The molecule has 0 aromatic heterocycles. The molecular weight excluding hydrogens is 578 g/mol. The van der Waals surface area contributed by atoms with E-state index in [-0.39, 0.29) is 63.0 Å². The van der Waals surface area contributed by atoms with Crippen molar-refractivity contribution >= 4 is 23.6 Å². The molecule has 4 aromatic carbocycles. The molecule has 0 aliphatic heterocycles. The van der Waals surface area contributed by atoms with Crippen LogP contribution in [0, 0.1) is 12.7 Å². The van der Waals surface area contributed by atoms with Gasteiger partial charge in [0.2, 0.25) is 0 Å². The molecule has 0 spiro atoms. The molecule has 0 bridgehead atoms. The zero-order valence-electron chi connectivity index (χ0n) is 21.6. The summed E-state index contributed by atoms with van der Waals surface area (Å²) in [5.74, 6) is -0.195. The second-order valence-corrected chi connectivity index (χ2v) is 8.64. The Hall–Kier alpha value is -2.21. The van der Waals surface area contributed by atoms with Crippen LogP contribution in [0.15, 0.2) is 109 Å². The van der Waals surface area contributed by atoms with Crippen LogP contribution in [0.1, 0.15) is 19.9 Å². The third-order valence-corrected chi connectivity index (χ3v) is 4.96. The minimum Gasteiger partial charge on any atom is -0.741 e. The van der Waals surface area contributed by atoms with E-state index >= 15 is 0 Å². The van der Waals surface area contributed by atoms with Crippen molar-refractivity contribution in [3.05, 3.63) is 121 Å². The van der Waals surface area contributed by atoms with Gasteiger partial charge in [0.05, 0.1) is 6.67 Å². The summed E-state index contributed by atoms with van der Waals surface area (Å²) in [6.07, 6.45) is 0. The maximum absolute atomic E-state index is 12.6. The standard InChI is InChI=1S/C13H12.C12H9F.C2H5F.CHF3O3S.CH4.Na.H2S/c1-11-7-9-13(10-8-11)12-5-3-2-4-6-12;13-12-8-6-11(7-9-12)10-4-2-1-3-5-10;1-2-3;2-1(3,4)8(5,6)7;;;/h2-10H,1H3;1-9H;2H2,1H3;(H,5,6,7);1H4;;1H2/q;;;;;+1;/p-1. The molecule has 0 atom stereocenters. The van der Waals surface area contributed by atoms with Gasteiger partial charge in [-0.3, -0.25) is 4.39 Å². The average molecular weight is 611 g/mol. The normalized spacial score (nSPS) is 9.70. The molecule has 0 amide bonds. The topological polar surface area (TPSA) is 57.2 Å². The first-order valence-electron chi connectivity index (χ1n) is 10.9. The van der Waals surface area contributed by atoms with Crippen molar-refractivity contribution in [3.8, 4) is 22.3 Å². The van der Waals surface area contributed by atoms with E-state index in [0.29, 0.717) is 0 Å². The van der Waals surface area contributed by atoms with Gasteiger partial charge in [-0.2, -0.15) is 26.7 Å². The minimum absolute atomic E-state index is 0. The van der Waals surface area contributed by atoms with Crippen molar-refractivity contribution in [2.75, 3.05) is 6.67 Å². The smallest absolute Gasteiger partial charge is 0.741 e. The zero-order chi connectivity index (χ0) is 27.9. The molecule has 0 unspecified atom stereocenters. The molecule has 0 saturated carbocycles. The molecule has 0 aliphatic carbocycles. The van der Waals surface area contributed by atoms with E-state index in [0.717, 1.165) is 11.1 Å². The number of aryl methyl sites for hydroxylation is 1. The Morgan fingerprint density at radius 2 is 0.925 bits per heavy atom. The number of hydrogen-bond donors (Lipinski definition) is 0. The molecule has 0 aliphatic rings. The van der Waals surface area contributed by atoms with Gasteiger partial charge in [-0.25, -0.2) is 12.8 Å². The Morgan fingerprint density at radius 1 is 0.675 bits per heavy atom. The Kier molecular flexibility index (Phi) is 22.7. The Labute approximate surface area is 263 Å². The van der Waals surface area contributed by atoms with Crippen LogP contribution >= 0.6 is 13.5 Å². The monoisotopic (exact) mass is 610 g/mol. The van der Waals surface area contributed by atoms with Gasteiger partial charge in [0.25, 0.3) is 0 Å². The van der Waals surface area contributed by atoms with Crippen LogP contribution in [0.3, 0.4) is 0 Å². The molecule has 40 heavy (non-hydrogen) atoms. The molecule has 0 fully saturated rings. The fourth-order valence-electron chi connectivity index (χ4n) is 2.65. The third-order valence-electron chi connectivity index (χ3n) is 4.39. The Bertz CT molecular complexity index is 1190. The third kappa shape index (κ3) is 16.8. The van der Waals surface area contributed by atoms with Gasteiger partial charge in [-0.05, 0) is 48.2 Å². The van der Waals surface area contributed by atoms with Gasteiger partial charge in [-0.15, -0.1) is 0 Å². The van der Waals surface area contributed by atoms with Crippen LogP contribution in [-0.4, -0.2) is 25.2 Å². The number of hydrogen-bond acceptors (Lipinski definition) is 3. The Balaban J connectivity index is -0.000000485. The summed E-state index contributed by atoms with van der Waals surface area (Å²) in [5.41, 5.74) is 0.380. The van der Waals surface area contributed by atoms with Gasteiger partial charge >= 0.3 is 35.1 Å². The van der Waals surface area contributed by atoms with Gasteiger partial charge in [0.1, 0.15) is 5.82 Å². The Morgan fingerprint density at radius 3 is 1.20 bits per heavy atom. The van der Waals surface area contributed by atoms with Crippen LogP contribution in [0.25, 0.3) is 22.3 Å². The molecule has 0 heterocycles. The van der Waals surface area contributed by atoms with E-state index in [1.54, 1.807) is 12.1 Å². The van der Waals surface area contributed by atoms with Crippen molar-refractivity contribution in [1.82, 2.24) is 0 Å². The van der Waals surface area contributed by atoms with Gasteiger partial charge in [0, 0.05) is 0 Å². The largest absolute Gasteiger partial charge is 1.00 e. The molecule has 214 valence electrons. The summed E-state index contributed by atoms with van der Waals surface area (Å²) >= 11 is 0. The van der Waals surface area contributed by atoms with Crippen molar-refractivity contribution in [2.45, 2.75) is 26.8 Å². The summed E-state index contributed by atoms with van der Waals surface area (Å²) in [6, 6.07) is 35.5. The van der Waals surface area contributed by atoms with E-state index < -0.39 is 15.6 Å². The summed E-state index contributed by atoms with van der Waals surface area (Å²) in [5, 5.41) is 0. The first kappa shape index (κ1) is 42.3. The molecule has 0 radical (unpaired) electrons. The van der Waals surface area contributed by atoms with Gasteiger partial charge < -0.3 is 4.55 Å². The van der Waals surface area contributed by atoms with Crippen LogP contribution in [-0.2, 0) is 10.1 Å². The van der Waals surface area contributed by atoms with E-state index in [4.69, 9.17) is 13.0 Å². The second-order valence-electron chi connectivity index (χ2n) is 7.27. The van der Waals surface area contributed by atoms with E-state index in [1.807, 2.05) is 36.4 Å². The molecule has 4 aromatic rings. The summed E-state index contributed by atoms with van der Waals surface area (Å²) < 4.78 is 81.8. The predicted molar refractivity (Wildman–Crippen MR) is 153 cm³/mol. The van der Waals surface area contributed by atoms with Crippen LogP contribution in [0.2, 0.25) is 0 Å². The minimum atomic E-state index is -6.09. The summed E-state index contributed by atoms with van der Waals surface area (Å²) in [6.45, 7) is 3.31. The number of rotatable bonds is 2. The van der Waals surface area contributed by atoms with Gasteiger partial charge in [-0.1, -0.05) is 110 Å². The van der Waals surface area contributed by atoms with E-state index in [1.165, 1.54) is 35.7 Å². The van der Waals surface area contributed by atoms with E-state index in [2.05, 4.69) is 55.5 Å². The quantitative estimate of drug-likeness (QED) is 0.122. The molecular formula is C29H32F5NaO3S2. The van der Waals surface area contributed by atoms with Crippen LogP contribution < -0.4 is 29.6 Å². The molecule has 11 heteroatoms. The average Bonchev–Trinajstić information content (AvgIpc) is 2.86. The number of alkyl halides is 4. The zero-order valence-corrected chi connectivity index (χ0v) is 25.4. The van der Waals surface area contributed by atoms with Crippen molar-refractivity contribution in [2.24, 2.45) is 0 Å². The summed E-state index contributed by atoms with van der Waals surface area (Å²) in [7, 11) is -6.09. The SMILES string of the molecule is C.CCF.Cc1ccc(-c2ccccc2)cc1.Fc1ccc(-c2ccccc2)cc1.O=S(=O)([O-])C(F)(F)F.S.[Na+]. The molecule has 0 N–H and O–H groups in total. The van der Waals surface area contributed by atoms with E-state index in [9.17, 15) is 22.0 Å². The fraction of sp³-hybridized carbons (Fsp3) is 0.172. The van der Waals surface area contributed by atoms with Crippen molar-refractivity contribution in [1.29, 1.82) is 0 Å². The van der Waals surface area contributed by atoms with Crippen LogP contribution in [0.5, 0.6) is 0 Å². The first-order valence-corrected chi connectivity index (χ1v) is 12.3. The molecule has 0 saturated heterocycles. The maximum atomic E-state index is 12.6. The van der Waals surface area contributed by atoms with Crippen molar-refractivity contribution in [3.63, 3.8) is 0 Å². The predicted octanol–water partition coefficient (Wildman–Crippen LogP) is 5.93. The molecule has 3 nitrogen and oxygen atoms in total. The number of benzene rings is 4. The second kappa shape index (κ2) is 21.5. The maximum Gasteiger partial charge on any atom is 1.00 e. The summed E-state index contributed by atoms with van der Waals surface area (Å²) in [4.78, 5) is 0. The van der Waals surface area contributed by atoms with Gasteiger partial charge in [0.15, 0.2) is 10.1 Å². The number of halogens is 5.